The summed E-state index contributed by atoms with van der Waals surface area (Å²) in [6.45, 7) is 4.89. The van der Waals surface area contributed by atoms with Crippen LogP contribution >= 0.6 is 0 Å². The Morgan fingerprint density at radius 3 is 2.29 bits per heavy atom. The number of alkyl halides is 3. The number of rotatable bonds is 9. The predicted molar refractivity (Wildman–Crippen MR) is 62.9 cm³/mol. The molecule has 0 aliphatic carbocycles. The minimum Gasteiger partial charge on any atom is -0.396 e. The first-order chi connectivity index (χ1) is 7.85. The molecule has 2 nitrogen and oxygen atoms in total. The highest BCUT2D eigenvalue weighted by Crippen LogP contribution is 2.22. The van der Waals surface area contributed by atoms with Crippen molar-refractivity contribution in [2.75, 3.05) is 13.2 Å². The van der Waals surface area contributed by atoms with E-state index in [1.807, 2.05) is 13.8 Å². The molecule has 0 aromatic heterocycles. The first kappa shape index (κ1) is 16.7. The van der Waals surface area contributed by atoms with Gasteiger partial charge in [0.25, 0.3) is 0 Å². The van der Waals surface area contributed by atoms with E-state index < -0.39 is 12.6 Å². The van der Waals surface area contributed by atoms with E-state index >= 15 is 0 Å². The summed E-state index contributed by atoms with van der Waals surface area (Å²) in [6, 6.07) is 0.127. The zero-order valence-electron chi connectivity index (χ0n) is 10.7. The van der Waals surface area contributed by atoms with Gasteiger partial charge in [0.05, 0.1) is 0 Å². The zero-order chi connectivity index (χ0) is 13.3. The van der Waals surface area contributed by atoms with Crippen LogP contribution in [0, 0.1) is 5.92 Å². The van der Waals surface area contributed by atoms with Crippen LogP contribution < -0.4 is 5.32 Å². The molecular formula is C12H24F3NO. The number of aliphatic hydroxyl groups is 1. The van der Waals surface area contributed by atoms with Gasteiger partial charge in [0.15, 0.2) is 0 Å². The van der Waals surface area contributed by atoms with Gasteiger partial charge >= 0.3 is 6.18 Å². The van der Waals surface area contributed by atoms with Crippen molar-refractivity contribution in [1.29, 1.82) is 0 Å². The van der Waals surface area contributed by atoms with Crippen molar-refractivity contribution >= 4 is 0 Å². The Morgan fingerprint density at radius 2 is 1.76 bits per heavy atom. The normalized spacial score (nSPS) is 15.9. The average molecular weight is 255 g/mol. The summed E-state index contributed by atoms with van der Waals surface area (Å²) in [7, 11) is 0. The maximum absolute atomic E-state index is 11.9. The molecule has 5 heteroatoms. The second kappa shape index (κ2) is 8.75. The molecular weight excluding hydrogens is 231 g/mol. The maximum Gasteiger partial charge on any atom is 0.389 e. The van der Waals surface area contributed by atoms with Gasteiger partial charge in [-0.1, -0.05) is 6.92 Å². The van der Waals surface area contributed by atoms with Crippen LogP contribution in [0.3, 0.4) is 0 Å². The van der Waals surface area contributed by atoms with Crippen molar-refractivity contribution in [3.05, 3.63) is 0 Å². The maximum atomic E-state index is 11.9. The lowest BCUT2D eigenvalue weighted by Crippen LogP contribution is -2.27. The van der Waals surface area contributed by atoms with E-state index in [1.165, 1.54) is 0 Å². The SMILES string of the molecule is CC(CO)CCCNC(C)CCCC(F)(F)F. The molecule has 0 bridgehead atoms. The van der Waals surface area contributed by atoms with Gasteiger partial charge in [-0.25, -0.2) is 0 Å². The molecule has 0 heterocycles. The fraction of sp³-hybridized carbons (Fsp3) is 1.00. The molecule has 2 N–H and O–H groups in total. The third-order valence-electron chi connectivity index (χ3n) is 2.78. The van der Waals surface area contributed by atoms with Gasteiger partial charge in [0.1, 0.15) is 0 Å². The minimum atomic E-state index is -4.03. The first-order valence-electron chi connectivity index (χ1n) is 6.26. The highest BCUT2D eigenvalue weighted by molar-refractivity contribution is 4.63. The smallest absolute Gasteiger partial charge is 0.389 e. The van der Waals surface area contributed by atoms with Crippen molar-refractivity contribution in [3.8, 4) is 0 Å². The second-order valence-electron chi connectivity index (χ2n) is 4.79. The molecule has 0 saturated carbocycles. The molecule has 0 aromatic carbocycles. The standard InChI is InChI=1S/C12H24F3NO/c1-10(9-17)5-4-8-16-11(2)6-3-7-12(13,14)15/h10-11,16-17H,3-9H2,1-2H3. The number of hydrogen-bond acceptors (Lipinski definition) is 2. The lowest BCUT2D eigenvalue weighted by molar-refractivity contribution is -0.135. The molecule has 0 aliphatic rings. The Kier molecular flexibility index (Phi) is 8.60. The van der Waals surface area contributed by atoms with Crippen LogP contribution in [-0.2, 0) is 0 Å². The highest BCUT2D eigenvalue weighted by atomic mass is 19.4. The lowest BCUT2D eigenvalue weighted by Gasteiger charge is -2.15. The molecule has 2 unspecified atom stereocenters. The van der Waals surface area contributed by atoms with Crippen molar-refractivity contribution in [1.82, 2.24) is 5.32 Å². The predicted octanol–water partition coefficient (Wildman–Crippen LogP) is 3.11. The van der Waals surface area contributed by atoms with Crippen molar-refractivity contribution in [2.24, 2.45) is 5.92 Å². The molecule has 17 heavy (non-hydrogen) atoms. The molecule has 104 valence electrons. The van der Waals surface area contributed by atoms with E-state index in [9.17, 15) is 13.2 Å². The van der Waals surface area contributed by atoms with Gasteiger partial charge in [0, 0.05) is 19.1 Å². The summed E-state index contributed by atoms with van der Waals surface area (Å²) < 4.78 is 35.7. The van der Waals surface area contributed by atoms with Crippen LogP contribution in [0.4, 0.5) is 13.2 Å². The summed E-state index contributed by atoms with van der Waals surface area (Å²) in [5.74, 6) is 0.303. The Balaban J connectivity index is 3.38. The number of hydrogen-bond donors (Lipinski definition) is 2. The van der Waals surface area contributed by atoms with E-state index in [4.69, 9.17) is 5.11 Å². The van der Waals surface area contributed by atoms with E-state index in [1.54, 1.807) is 0 Å². The fourth-order valence-corrected chi connectivity index (χ4v) is 1.60. The Bertz CT molecular complexity index is 185. The number of aliphatic hydroxyl groups excluding tert-OH is 1. The summed E-state index contributed by atoms with van der Waals surface area (Å²) in [5.41, 5.74) is 0. The van der Waals surface area contributed by atoms with Gasteiger partial charge in [0.2, 0.25) is 0 Å². The minimum absolute atomic E-state index is 0.127. The van der Waals surface area contributed by atoms with Gasteiger partial charge in [-0.2, -0.15) is 13.2 Å². The van der Waals surface area contributed by atoms with Crippen LogP contribution in [0.15, 0.2) is 0 Å². The molecule has 2 atom stereocenters. The van der Waals surface area contributed by atoms with Crippen LogP contribution in [0.2, 0.25) is 0 Å². The molecule has 0 aliphatic heterocycles. The summed E-state index contributed by atoms with van der Waals surface area (Å²) in [5, 5.41) is 12.0. The molecule has 0 amide bonds. The Hall–Kier alpha value is -0.290. The van der Waals surface area contributed by atoms with E-state index in [-0.39, 0.29) is 19.1 Å². The highest BCUT2D eigenvalue weighted by Gasteiger charge is 2.26. The van der Waals surface area contributed by atoms with Crippen LogP contribution in [-0.4, -0.2) is 30.5 Å². The topological polar surface area (TPSA) is 32.3 Å². The fourth-order valence-electron chi connectivity index (χ4n) is 1.60. The third kappa shape index (κ3) is 12.0. The van der Waals surface area contributed by atoms with Crippen LogP contribution in [0.1, 0.15) is 46.0 Å². The number of halogens is 3. The first-order valence-corrected chi connectivity index (χ1v) is 6.26. The summed E-state index contributed by atoms with van der Waals surface area (Å²) in [4.78, 5) is 0. The van der Waals surface area contributed by atoms with Gasteiger partial charge in [-0.05, 0) is 45.1 Å². The molecule has 0 aromatic rings. The van der Waals surface area contributed by atoms with Gasteiger partial charge in [-0.15, -0.1) is 0 Å². The number of nitrogens with one attached hydrogen (secondary N) is 1. The Labute approximate surface area is 102 Å². The molecule has 0 saturated heterocycles. The lowest BCUT2D eigenvalue weighted by atomic mass is 10.1. The van der Waals surface area contributed by atoms with Crippen LogP contribution in [0.5, 0.6) is 0 Å². The summed E-state index contributed by atoms with van der Waals surface area (Å²) >= 11 is 0. The quantitative estimate of drug-likeness (QED) is 0.620. The van der Waals surface area contributed by atoms with Crippen LogP contribution in [0.25, 0.3) is 0 Å². The molecule has 0 fully saturated rings. The zero-order valence-corrected chi connectivity index (χ0v) is 10.7. The molecule has 0 radical (unpaired) electrons. The summed E-state index contributed by atoms with van der Waals surface area (Å²) in [6.07, 6.45) is -2.10. The third-order valence-corrected chi connectivity index (χ3v) is 2.78. The van der Waals surface area contributed by atoms with Gasteiger partial charge < -0.3 is 10.4 Å². The Morgan fingerprint density at radius 1 is 1.12 bits per heavy atom. The average Bonchev–Trinajstić information content (AvgIpc) is 2.22. The van der Waals surface area contributed by atoms with E-state index in [0.717, 1.165) is 19.4 Å². The van der Waals surface area contributed by atoms with Crippen molar-refractivity contribution < 1.29 is 18.3 Å². The van der Waals surface area contributed by atoms with Crippen molar-refractivity contribution in [3.63, 3.8) is 0 Å². The van der Waals surface area contributed by atoms with E-state index in [0.29, 0.717) is 12.3 Å². The van der Waals surface area contributed by atoms with Gasteiger partial charge in [-0.3, -0.25) is 0 Å². The van der Waals surface area contributed by atoms with E-state index in [2.05, 4.69) is 5.32 Å². The molecule has 0 rings (SSSR count). The largest absolute Gasteiger partial charge is 0.396 e. The monoisotopic (exact) mass is 255 g/mol. The second-order valence-corrected chi connectivity index (χ2v) is 4.79. The molecule has 0 spiro atoms. The van der Waals surface area contributed by atoms with Crippen molar-refractivity contribution in [2.45, 2.75) is 58.2 Å².